The molecule has 0 N–H and O–H groups in total. The number of thiazole rings is 1. The van der Waals surface area contributed by atoms with Crippen LogP contribution in [0, 0.1) is 6.92 Å². The highest BCUT2D eigenvalue weighted by molar-refractivity contribution is 7.18. The van der Waals surface area contributed by atoms with Crippen LogP contribution in [0.4, 0.5) is 0 Å². The first-order chi connectivity index (χ1) is 13.1. The molecule has 0 unspecified atom stereocenters. The van der Waals surface area contributed by atoms with Crippen molar-refractivity contribution in [1.82, 2.24) is 25.1 Å². The standard InChI is InChI=1S/C19H20N6OS/c1-11(2)26-25-15-8-4-7-14-16(15)22-18(24-23-14)17-12(3)21-19(27-17)13-6-5-9-20-10-13/h5-6,9-11H,4,7-8H2,1-3H3/b25-15+. The molecule has 7 nitrogen and oxygen atoms in total. The zero-order chi connectivity index (χ0) is 18.8. The van der Waals surface area contributed by atoms with Crippen LogP contribution in [0.3, 0.4) is 0 Å². The summed E-state index contributed by atoms with van der Waals surface area (Å²) in [5.74, 6) is 0.582. The molecular weight excluding hydrogens is 360 g/mol. The smallest absolute Gasteiger partial charge is 0.194 e. The van der Waals surface area contributed by atoms with Gasteiger partial charge in [0.15, 0.2) is 5.82 Å². The molecule has 0 saturated heterocycles. The van der Waals surface area contributed by atoms with Gasteiger partial charge in [0.25, 0.3) is 0 Å². The highest BCUT2D eigenvalue weighted by atomic mass is 32.1. The third-order valence-electron chi connectivity index (χ3n) is 4.14. The number of aromatic nitrogens is 5. The summed E-state index contributed by atoms with van der Waals surface area (Å²) in [7, 11) is 0. The van der Waals surface area contributed by atoms with Crippen molar-refractivity contribution in [3.63, 3.8) is 0 Å². The topological polar surface area (TPSA) is 86.0 Å². The predicted molar refractivity (Wildman–Crippen MR) is 105 cm³/mol. The SMILES string of the molecule is Cc1nc(-c2cccnc2)sc1-c1nnc2c(n1)/C(=N/OC(C)C)CCC2. The van der Waals surface area contributed by atoms with E-state index in [4.69, 9.17) is 9.82 Å². The zero-order valence-electron chi connectivity index (χ0n) is 15.5. The zero-order valence-corrected chi connectivity index (χ0v) is 16.3. The van der Waals surface area contributed by atoms with E-state index in [2.05, 4.69) is 25.3 Å². The summed E-state index contributed by atoms with van der Waals surface area (Å²) in [6.07, 6.45) is 6.26. The van der Waals surface area contributed by atoms with Crippen LogP contribution in [0.25, 0.3) is 21.3 Å². The number of aryl methyl sites for hydroxylation is 2. The van der Waals surface area contributed by atoms with Crippen molar-refractivity contribution >= 4 is 17.0 Å². The summed E-state index contributed by atoms with van der Waals surface area (Å²) in [6.45, 7) is 5.88. The lowest BCUT2D eigenvalue weighted by Crippen LogP contribution is -2.18. The van der Waals surface area contributed by atoms with Crippen molar-refractivity contribution in [3.8, 4) is 21.3 Å². The van der Waals surface area contributed by atoms with Gasteiger partial charge in [-0.05, 0) is 52.2 Å². The van der Waals surface area contributed by atoms with Crippen molar-refractivity contribution in [2.24, 2.45) is 5.16 Å². The molecule has 3 aromatic heterocycles. The first-order valence-electron chi connectivity index (χ1n) is 8.96. The predicted octanol–water partition coefficient (Wildman–Crippen LogP) is 3.83. The number of oxime groups is 1. The van der Waals surface area contributed by atoms with E-state index in [9.17, 15) is 0 Å². The van der Waals surface area contributed by atoms with Crippen LogP contribution in [-0.2, 0) is 11.3 Å². The third kappa shape index (κ3) is 3.71. The molecular formula is C19H20N6OS. The number of rotatable bonds is 4. The van der Waals surface area contributed by atoms with E-state index in [1.165, 1.54) is 0 Å². The summed E-state index contributed by atoms with van der Waals surface area (Å²) < 4.78 is 0. The molecule has 8 heteroatoms. The number of nitrogens with zero attached hydrogens (tertiary/aromatic N) is 6. The van der Waals surface area contributed by atoms with E-state index in [0.29, 0.717) is 5.82 Å². The second-order valence-electron chi connectivity index (χ2n) is 6.65. The fraction of sp³-hybridized carbons (Fsp3) is 0.368. The van der Waals surface area contributed by atoms with Gasteiger partial charge in [-0.3, -0.25) is 4.98 Å². The van der Waals surface area contributed by atoms with Crippen molar-refractivity contribution < 1.29 is 4.84 Å². The van der Waals surface area contributed by atoms with Crippen LogP contribution in [0.15, 0.2) is 29.7 Å². The Hall–Kier alpha value is -2.74. The summed E-state index contributed by atoms with van der Waals surface area (Å²) in [5.41, 5.74) is 4.38. The van der Waals surface area contributed by atoms with E-state index < -0.39 is 0 Å². The molecule has 0 radical (unpaired) electrons. The van der Waals surface area contributed by atoms with Crippen LogP contribution in [0.5, 0.6) is 0 Å². The number of pyridine rings is 1. The molecule has 27 heavy (non-hydrogen) atoms. The third-order valence-corrected chi connectivity index (χ3v) is 5.34. The van der Waals surface area contributed by atoms with Gasteiger partial charge in [-0.2, -0.15) is 5.10 Å². The maximum Gasteiger partial charge on any atom is 0.194 e. The molecule has 0 aliphatic heterocycles. The normalized spacial score (nSPS) is 15.2. The largest absolute Gasteiger partial charge is 0.393 e. The minimum Gasteiger partial charge on any atom is -0.393 e. The fourth-order valence-corrected chi connectivity index (χ4v) is 3.85. The molecule has 1 aliphatic carbocycles. The van der Waals surface area contributed by atoms with Crippen molar-refractivity contribution in [1.29, 1.82) is 0 Å². The van der Waals surface area contributed by atoms with Gasteiger partial charge in [-0.15, -0.1) is 16.4 Å². The second-order valence-corrected chi connectivity index (χ2v) is 7.65. The van der Waals surface area contributed by atoms with Crippen LogP contribution < -0.4 is 0 Å². The molecule has 1 aliphatic rings. The van der Waals surface area contributed by atoms with E-state index >= 15 is 0 Å². The quantitative estimate of drug-likeness (QED) is 0.639. The van der Waals surface area contributed by atoms with Gasteiger partial charge in [0.05, 0.1) is 16.3 Å². The number of hydrogen-bond acceptors (Lipinski definition) is 8. The van der Waals surface area contributed by atoms with Crippen LogP contribution in [-0.4, -0.2) is 37.0 Å². The van der Waals surface area contributed by atoms with Crippen LogP contribution in [0.2, 0.25) is 0 Å². The van der Waals surface area contributed by atoms with Crippen molar-refractivity contribution in [2.75, 3.05) is 0 Å². The summed E-state index contributed by atoms with van der Waals surface area (Å²) in [6, 6.07) is 3.90. The monoisotopic (exact) mass is 380 g/mol. The number of hydrogen-bond donors (Lipinski definition) is 0. The Morgan fingerprint density at radius 1 is 1.19 bits per heavy atom. The molecule has 0 fully saturated rings. The lowest BCUT2D eigenvalue weighted by atomic mass is 9.99. The Morgan fingerprint density at radius 3 is 2.85 bits per heavy atom. The minimum atomic E-state index is 0.0305. The van der Waals surface area contributed by atoms with Gasteiger partial charge < -0.3 is 4.84 Å². The summed E-state index contributed by atoms with van der Waals surface area (Å²) in [5, 5.41) is 14.0. The average Bonchev–Trinajstić information content (AvgIpc) is 3.08. The Balaban J connectivity index is 1.73. The summed E-state index contributed by atoms with van der Waals surface area (Å²) >= 11 is 1.55. The Kier molecular flexibility index (Phi) is 4.89. The van der Waals surface area contributed by atoms with Gasteiger partial charge in [-0.25, -0.2) is 9.97 Å². The van der Waals surface area contributed by atoms with Crippen LogP contribution in [0.1, 0.15) is 43.8 Å². The van der Waals surface area contributed by atoms with E-state index in [1.807, 2.05) is 39.1 Å². The average molecular weight is 380 g/mol. The fourth-order valence-electron chi connectivity index (χ4n) is 2.86. The van der Waals surface area contributed by atoms with E-state index in [0.717, 1.165) is 57.5 Å². The molecule has 4 rings (SSSR count). The highest BCUT2D eigenvalue weighted by Crippen LogP contribution is 2.33. The summed E-state index contributed by atoms with van der Waals surface area (Å²) in [4.78, 5) is 20.0. The highest BCUT2D eigenvalue weighted by Gasteiger charge is 2.23. The molecule has 0 bridgehead atoms. The van der Waals surface area contributed by atoms with Crippen LogP contribution >= 0.6 is 11.3 Å². The molecule has 0 atom stereocenters. The number of fused-ring (bicyclic) bond motifs is 1. The molecule has 3 heterocycles. The molecule has 0 saturated carbocycles. The van der Waals surface area contributed by atoms with E-state index in [1.54, 1.807) is 17.5 Å². The second kappa shape index (κ2) is 7.48. The maximum atomic E-state index is 5.45. The molecule has 0 aromatic carbocycles. The lowest BCUT2D eigenvalue weighted by molar-refractivity contribution is 0.0854. The molecule has 138 valence electrons. The first-order valence-corrected chi connectivity index (χ1v) is 9.78. The first kappa shape index (κ1) is 17.7. The van der Waals surface area contributed by atoms with Gasteiger partial charge in [0, 0.05) is 18.0 Å². The molecule has 3 aromatic rings. The minimum absolute atomic E-state index is 0.0305. The Morgan fingerprint density at radius 2 is 2.07 bits per heavy atom. The van der Waals surface area contributed by atoms with Gasteiger partial charge in [0.1, 0.15) is 22.5 Å². The lowest BCUT2D eigenvalue weighted by Gasteiger charge is -2.16. The maximum absolute atomic E-state index is 5.45. The van der Waals surface area contributed by atoms with Gasteiger partial charge >= 0.3 is 0 Å². The Bertz CT molecular complexity index is 983. The molecule has 0 spiro atoms. The van der Waals surface area contributed by atoms with Crippen molar-refractivity contribution in [3.05, 3.63) is 41.6 Å². The van der Waals surface area contributed by atoms with Crippen molar-refractivity contribution in [2.45, 2.75) is 46.1 Å². The molecule has 0 amide bonds. The van der Waals surface area contributed by atoms with Gasteiger partial charge in [-0.1, -0.05) is 5.16 Å². The van der Waals surface area contributed by atoms with E-state index in [-0.39, 0.29) is 6.10 Å². The Labute approximate surface area is 161 Å². The van der Waals surface area contributed by atoms with Gasteiger partial charge in [0.2, 0.25) is 0 Å².